The lowest BCUT2D eigenvalue weighted by molar-refractivity contribution is 0.0938. The Balaban J connectivity index is 1.74. The fourth-order valence-electron chi connectivity index (χ4n) is 2.55. The molecule has 1 heterocycles. The van der Waals surface area contributed by atoms with Gasteiger partial charge in [-0.25, -0.2) is 0 Å². The zero-order valence-electron chi connectivity index (χ0n) is 13.3. The van der Waals surface area contributed by atoms with Crippen LogP contribution in [0.2, 0.25) is 0 Å². The number of hydrogen-bond acceptors (Lipinski definition) is 2. The molecule has 1 atom stereocenters. The summed E-state index contributed by atoms with van der Waals surface area (Å²) in [5, 5.41) is 2.85. The van der Waals surface area contributed by atoms with Crippen molar-refractivity contribution in [3.63, 3.8) is 0 Å². The third-order valence-electron chi connectivity index (χ3n) is 3.93. The molecule has 3 aromatic rings. The van der Waals surface area contributed by atoms with Gasteiger partial charge in [-0.2, -0.15) is 0 Å². The van der Waals surface area contributed by atoms with Gasteiger partial charge in [-0.05, 0) is 35.7 Å². The standard InChI is InChI=1S/C20H18N2O2/c1-14(22-20(24)18-8-5-13-21-19(18)23)15-9-11-17(12-10-15)16-6-3-2-4-7-16/h2-14H,1H3,(H,21,23)(H,22,24)/t14-/m0/s1. The van der Waals surface area contributed by atoms with Crippen LogP contribution in [-0.2, 0) is 0 Å². The minimum absolute atomic E-state index is 0.116. The highest BCUT2D eigenvalue weighted by atomic mass is 16.2. The average Bonchev–Trinajstić information content (AvgIpc) is 2.63. The third-order valence-corrected chi connectivity index (χ3v) is 3.93. The van der Waals surface area contributed by atoms with Crippen molar-refractivity contribution in [2.45, 2.75) is 13.0 Å². The van der Waals surface area contributed by atoms with Crippen LogP contribution in [0.5, 0.6) is 0 Å². The van der Waals surface area contributed by atoms with Crippen LogP contribution < -0.4 is 10.9 Å². The van der Waals surface area contributed by atoms with E-state index in [4.69, 9.17) is 0 Å². The van der Waals surface area contributed by atoms with Crippen LogP contribution in [-0.4, -0.2) is 10.9 Å². The number of pyridine rings is 1. The highest BCUT2D eigenvalue weighted by molar-refractivity contribution is 5.94. The van der Waals surface area contributed by atoms with Crippen LogP contribution in [0.4, 0.5) is 0 Å². The zero-order chi connectivity index (χ0) is 16.9. The third kappa shape index (κ3) is 3.43. The second kappa shape index (κ2) is 6.96. The summed E-state index contributed by atoms with van der Waals surface area (Å²) in [5.74, 6) is -0.378. The van der Waals surface area contributed by atoms with Gasteiger partial charge in [-0.1, -0.05) is 54.6 Å². The molecule has 0 saturated carbocycles. The number of aromatic nitrogens is 1. The molecule has 0 saturated heterocycles. The Morgan fingerprint density at radius 1 is 0.917 bits per heavy atom. The van der Waals surface area contributed by atoms with E-state index in [2.05, 4.69) is 22.4 Å². The fourth-order valence-corrected chi connectivity index (χ4v) is 2.55. The highest BCUT2D eigenvalue weighted by Gasteiger charge is 2.14. The van der Waals surface area contributed by atoms with E-state index < -0.39 is 0 Å². The molecular weight excluding hydrogens is 300 g/mol. The minimum atomic E-state index is -0.387. The molecule has 0 radical (unpaired) electrons. The van der Waals surface area contributed by atoms with Crippen molar-refractivity contribution in [1.29, 1.82) is 0 Å². The SMILES string of the molecule is C[C@H](NC(=O)c1ccc[nH]c1=O)c1ccc(-c2ccccc2)cc1. The maximum atomic E-state index is 12.2. The monoisotopic (exact) mass is 318 g/mol. The average molecular weight is 318 g/mol. The molecule has 0 aliphatic heterocycles. The summed E-state index contributed by atoms with van der Waals surface area (Å²) < 4.78 is 0. The minimum Gasteiger partial charge on any atom is -0.345 e. The van der Waals surface area contributed by atoms with Crippen molar-refractivity contribution in [3.05, 3.63) is 94.4 Å². The van der Waals surface area contributed by atoms with Gasteiger partial charge < -0.3 is 10.3 Å². The first-order valence-electron chi connectivity index (χ1n) is 7.79. The molecule has 4 heteroatoms. The van der Waals surface area contributed by atoms with Gasteiger partial charge >= 0.3 is 0 Å². The van der Waals surface area contributed by atoms with Gasteiger partial charge in [0.25, 0.3) is 11.5 Å². The van der Waals surface area contributed by atoms with Crippen LogP contribution in [0.15, 0.2) is 77.7 Å². The summed E-state index contributed by atoms with van der Waals surface area (Å²) in [6.45, 7) is 1.90. The molecule has 0 unspecified atom stereocenters. The predicted molar refractivity (Wildman–Crippen MR) is 94.8 cm³/mol. The van der Waals surface area contributed by atoms with Gasteiger partial charge in [0.05, 0.1) is 6.04 Å². The first-order chi connectivity index (χ1) is 11.6. The molecule has 0 spiro atoms. The maximum absolute atomic E-state index is 12.2. The van der Waals surface area contributed by atoms with Crippen LogP contribution in [0.3, 0.4) is 0 Å². The number of carbonyl (C=O) groups excluding carboxylic acids is 1. The summed E-state index contributed by atoms with van der Waals surface area (Å²) in [7, 11) is 0. The Morgan fingerprint density at radius 3 is 2.25 bits per heavy atom. The van der Waals surface area contributed by atoms with Crippen LogP contribution in [0.25, 0.3) is 11.1 Å². The Labute approximate surface area is 140 Å². The van der Waals surface area contributed by atoms with Crippen molar-refractivity contribution in [3.8, 4) is 11.1 Å². The van der Waals surface area contributed by atoms with E-state index >= 15 is 0 Å². The molecule has 2 N–H and O–H groups in total. The van der Waals surface area contributed by atoms with E-state index in [0.717, 1.165) is 16.7 Å². The number of rotatable bonds is 4. The Kier molecular flexibility index (Phi) is 4.57. The lowest BCUT2D eigenvalue weighted by atomic mass is 10.0. The first kappa shape index (κ1) is 15.7. The van der Waals surface area contributed by atoms with E-state index in [0.29, 0.717) is 0 Å². The normalized spacial score (nSPS) is 11.7. The van der Waals surface area contributed by atoms with Gasteiger partial charge in [0.15, 0.2) is 0 Å². The molecule has 0 aliphatic carbocycles. The summed E-state index contributed by atoms with van der Waals surface area (Å²) in [6.07, 6.45) is 1.50. The lowest BCUT2D eigenvalue weighted by Gasteiger charge is -2.14. The van der Waals surface area contributed by atoms with E-state index in [1.54, 1.807) is 6.07 Å². The Hall–Kier alpha value is -3.14. The van der Waals surface area contributed by atoms with Crippen molar-refractivity contribution >= 4 is 5.91 Å². The van der Waals surface area contributed by atoms with Crippen LogP contribution in [0.1, 0.15) is 28.9 Å². The smallest absolute Gasteiger partial charge is 0.260 e. The number of aromatic amines is 1. The van der Waals surface area contributed by atoms with Crippen molar-refractivity contribution in [2.75, 3.05) is 0 Å². The lowest BCUT2D eigenvalue weighted by Crippen LogP contribution is -2.31. The Bertz CT molecular complexity index is 883. The second-order valence-electron chi connectivity index (χ2n) is 5.60. The topological polar surface area (TPSA) is 62.0 Å². The summed E-state index contributed by atoms with van der Waals surface area (Å²) >= 11 is 0. The largest absolute Gasteiger partial charge is 0.345 e. The maximum Gasteiger partial charge on any atom is 0.260 e. The number of H-pyrrole nitrogens is 1. The number of nitrogens with one attached hydrogen (secondary N) is 2. The number of benzene rings is 2. The molecule has 4 nitrogen and oxygen atoms in total. The van der Waals surface area contributed by atoms with Gasteiger partial charge in [-0.3, -0.25) is 9.59 Å². The number of amides is 1. The van der Waals surface area contributed by atoms with Gasteiger partial charge in [0, 0.05) is 6.20 Å². The van der Waals surface area contributed by atoms with Crippen molar-refractivity contribution < 1.29 is 4.79 Å². The van der Waals surface area contributed by atoms with Gasteiger partial charge in [0.1, 0.15) is 5.56 Å². The quantitative estimate of drug-likeness (QED) is 0.773. The molecule has 2 aromatic carbocycles. The molecule has 3 rings (SSSR count). The van der Waals surface area contributed by atoms with Crippen molar-refractivity contribution in [2.24, 2.45) is 0 Å². The molecule has 0 aliphatic rings. The molecule has 24 heavy (non-hydrogen) atoms. The van der Waals surface area contributed by atoms with Crippen LogP contribution >= 0.6 is 0 Å². The molecule has 1 amide bonds. The van der Waals surface area contributed by atoms with Crippen LogP contribution in [0, 0.1) is 0 Å². The van der Waals surface area contributed by atoms with Gasteiger partial charge in [-0.15, -0.1) is 0 Å². The van der Waals surface area contributed by atoms with E-state index in [9.17, 15) is 9.59 Å². The van der Waals surface area contributed by atoms with Crippen molar-refractivity contribution in [1.82, 2.24) is 10.3 Å². The summed E-state index contributed by atoms with van der Waals surface area (Å²) in [6, 6.07) is 21.1. The molecule has 120 valence electrons. The molecular formula is C20H18N2O2. The number of hydrogen-bond donors (Lipinski definition) is 2. The van der Waals surface area contributed by atoms with Gasteiger partial charge in [0.2, 0.25) is 0 Å². The van der Waals surface area contributed by atoms with E-state index in [1.165, 1.54) is 12.3 Å². The summed E-state index contributed by atoms with van der Waals surface area (Å²) in [4.78, 5) is 26.4. The van der Waals surface area contributed by atoms with E-state index in [1.807, 2.05) is 49.4 Å². The summed E-state index contributed by atoms with van der Waals surface area (Å²) in [5.41, 5.74) is 2.98. The predicted octanol–water partition coefficient (Wildman–Crippen LogP) is 3.53. The second-order valence-corrected chi connectivity index (χ2v) is 5.60. The fraction of sp³-hybridized carbons (Fsp3) is 0.100. The van der Waals surface area contributed by atoms with E-state index in [-0.39, 0.29) is 23.1 Å². The molecule has 0 fully saturated rings. The highest BCUT2D eigenvalue weighted by Crippen LogP contribution is 2.21. The molecule has 0 bridgehead atoms. The Morgan fingerprint density at radius 2 is 1.58 bits per heavy atom. The number of carbonyl (C=O) groups is 1. The molecule has 1 aromatic heterocycles. The zero-order valence-corrected chi connectivity index (χ0v) is 13.3. The first-order valence-corrected chi connectivity index (χ1v) is 7.79.